The molecule has 0 bridgehead atoms. The van der Waals surface area contributed by atoms with Crippen molar-refractivity contribution in [3.05, 3.63) is 125 Å². The van der Waals surface area contributed by atoms with Crippen LogP contribution >= 0.6 is 0 Å². The molecule has 2 aliphatic heterocycles. The highest BCUT2D eigenvalue weighted by Crippen LogP contribution is 2.44. The first-order valence-corrected chi connectivity index (χ1v) is 15.9. The number of rotatable bonds is 9. The van der Waals surface area contributed by atoms with Crippen molar-refractivity contribution in [2.45, 2.75) is 31.5 Å². The van der Waals surface area contributed by atoms with Gasteiger partial charge in [-0.25, -0.2) is 9.07 Å². The molecule has 3 heterocycles. The van der Waals surface area contributed by atoms with E-state index in [1.165, 1.54) is 27.8 Å². The van der Waals surface area contributed by atoms with Gasteiger partial charge in [-0.1, -0.05) is 43.0 Å². The van der Waals surface area contributed by atoms with Crippen LogP contribution in [-0.2, 0) is 15.8 Å². The van der Waals surface area contributed by atoms with Gasteiger partial charge >= 0.3 is 6.18 Å². The van der Waals surface area contributed by atoms with Crippen molar-refractivity contribution >= 4 is 29.4 Å². The van der Waals surface area contributed by atoms with Gasteiger partial charge in [0.15, 0.2) is 5.69 Å². The maximum atomic E-state index is 14.4. The van der Waals surface area contributed by atoms with Crippen LogP contribution in [0.1, 0.15) is 56.8 Å². The van der Waals surface area contributed by atoms with E-state index in [4.69, 9.17) is 0 Å². The fraction of sp³-hybridized carbons (Fsp3) is 0.250. The zero-order chi connectivity index (χ0) is 35.7. The molecule has 258 valence electrons. The number of imide groups is 1. The number of aromatic nitrogens is 2. The van der Waals surface area contributed by atoms with Crippen molar-refractivity contribution in [3.63, 3.8) is 0 Å². The van der Waals surface area contributed by atoms with Crippen LogP contribution in [0.25, 0.3) is 5.69 Å². The molecule has 3 aromatic carbocycles. The van der Waals surface area contributed by atoms with E-state index in [1.54, 1.807) is 37.3 Å². The molecule has 0 aliphatic carbocycles. The number of hydrogen-bond acceptors (Lipinski definition) is 6. The molecule has 1 saturated heterocycles. The van der Waals surface area contributed by atoms with Crippen LogP contribution in [0.3, 0.4) is 0 Å². The van der Waals surface area contributed by atoms with Crippen molar-refractivity contribution < 1.29 is 36.7 Å². The summed E-state index contributed by atoms with van der Waals surface area (Å²) in [6.07, 6.45) is -3.74. The first-order chi connectivity index (χ1) is 23.9. The Labute approximate surface area is 284 Å². The monoisotopic (exact) mass is 688 g/mol. The van der Waals surface area contributed by atoms with Crippen LogP contribution in [0, 0.1) is 5.82 Å². The van der Waals surface area contributed by atoms with E-state index < -0.39 is 53.1 Å². The Morgan fingerprint density at radius 2 is 1.66 bits per heavy atom. The van der Waals surface area contributed by atoms with Gasteiger partial charge in [0.05, 0.1) is 11.3 Å². The molecular weight excluding hydrogens is 656 g/mol. The highest BCUT2D eigenvalue weighted by atomic mass is 19.4. The standard InChI is InChI=1S/C36H32F4N6O4/c1-3-45-34-28(29(43-46(34)26-11-5-4-6-12-26)33(49)42-31(47)21(2)20-44-17-8-18-44)27(22-13-15-25(37)16-14-22)30(35(45)50)41-32(48)23-9-7-10-24(19-23)36(38,39)40/h4-7,9-16,19,27,30H,2-3,8,17-18,20H2,1H3,(H,41,48)(H,42,47,49)/t27-,30-/m0/s1. The van der Waals surface area contributed by atoms with E-state index in [0.29, 0.717) is 17.3 Å². The van der Waals surface area contributed by atoms with Crippen LogP contribution in [-0.4, -0.2) is 70.5 Å². The fourth-order valence-corrected chi connectivity index (χ4v) is 6.14. The molecule has 4 amide bonds. The molecule has 1 fully saturated rings. The lowest BCUT2D eigenvalue weighted by Crippen LogP contribution is -2.55. The lowest BCUT2D eigenvalue weighted by Gasteiger charge is -2.38. The summed E-state index contributed by atoms with van der Waals surface area (Å²) in [5.74, 6) is -4.91. The number of likely N-dealkylation sites (tertiary alicyclic amines) is 1. The summed E-state index contributed by atoms with van der Waals surface area (Å²) < 4.78 is 56.1. The maximum Gasteiger partial charge on any atom is 0.416 e. The van der Waals surface area contributed by atoms with Crippen LogP contribution in [0.5, 0.6) is 0 Å². The molecule has 6 rings (SSSR count). The largest absolute Gasteiger partial charge is 0.416 e. The van der Waals surface area contributed by atoms with Gasteiger partial charge in [0.25, 0.3) is 23.6 Å². The van der Waals surface area contributed by atoms with Gasteiger partial charge in [-0.2, -0.15) is 18.3 Å². The zero-order valence-electron chi connectivity index (χ0n) is 26.8. The number of amides is 4. The topological polar surface area (TPSA) is 117 Å². The minimum absolute atomic E-state index is 0.0308. The number of nitrogens with zero attached hydrogens (tertiary/aromatic N) is 4. The molecule has 4 aromatic rings. The highest BCUT2D eigenvalue weighted by molar-refractivity contribution is 6.12. The number of carbonyl (C=O) groups excluding carboxylic acids is 4. The van der Waals surface area contributed by atoms with Crippen LogP contribution in [0.15, 0.2) is 91.0 Å². The third-order valence-electron chi connectivity index (χ3n) is 8.74. The van der Waals surface area contributed by atoms with Gasteiger partial charge in [0.1, 0.15) is 17.7 Å². The van der Waals surface area contributed by atoms with Crippen molar-refractivity contribution in [2.75, 3.05) is 31.1 Å². The SMILES string of the molecule is C=C(CN1CCC1)C(=O)NC(=O)c1nn(-c2ccccc2)c2c1[C@H](c1ccc(F)cc1)[C@H](NC(=O)c1cccc(C(F)(F)F)c1)C(=O)N2CC. The Balaban J connectivity index is 1.49. The summed E-state index contributed by atoms with van der Waals surface area (Å²) in [6.45, 7) is 7.37. The number of alkyl halides is 3. The number of nitrogens with one attached hydrogen (secondary N) is 2. The molecule has 0 spiro atoms. The Morgan fingerprint density at radius 3 is 2.28 bits per heavy atom. The Kier molecular flexibility index (Phi) is 9.39. The molecule has 10 nitrogen and oxygen atoms in total. The number of halogens is 4. The van der Waals surface area contributed by atoms with E-state index in [9.17, 15) is 36.7 Å². The highest BCUT2D eigenvalue weighted by Gasteiger charge is 2.47. The number of benzene rings is 3. The first kappa shape index (κ1) is 34.2. The predicted octanol–water partition coefficient (Wildman–Crippen LogP) is 4.85. The zero-order valence-corrected chi connectivity index (χ0v) is 26.8. The smallest absolute Gasteiger partial charge is 0.339 e. The number of likely N-dealkylation sites (N-methyl/N-ethyl adjacent to an activating group) is 1. The van der Waals surface area contributed by atoms with Crippen LogP contribution in [0.4, 0.5) is 23.4 Å². The number of fused-ring (bicyclic) bond motifs is 1. The van der Waals surface area contributed by atoms with Crippen LogP contribution < -0.4 is 15.5 Å². The summed E-state index contributed by atoms with van der Waals surface area (Å²) in [5, 5.41) is 9.55. The summed E-state index contributed by atoms with van der Waals surface area (Å²) in [6, 6.07) is 15.9. The average Bonchev–Trinajstić information content (AvgIpc) is 3.47. The molecule has 1 aromatic heterocycles. The molecule has 0 saturated carbocycles. The molecule has 2 N–H and O–H groups in total. The number of para-hydroxylation sites is 1. The maximum absolute atomic E-state index is 14.4. The van der Waals surface area contributed by atoms with Gasteiger partial charge in [-0.05, 0) is 74.5 Å². The number of hydrogen-bond donors (Lipinski definition) is 2. The molecule has 2 aliphatic rings. The van der Waals surface area contributed by atoms with E-state index in [1.807, 2.05) is 4.90 Å². The second-order valence-corrected chi connectivity index (χ2v) is 12.0. The molecular formula is C36H32F4N6O4. The molecule has 2 atom stereocenters. The second-order valence-electron chi connectivity index (χ2n) is 12.0. The van der Waals surface area contributed by atoms with Gasteiger partial charge < -0.3 is 5.32 Å². The quantitative estimate of drug-likeness (QED) is 0.192. The summed E-state index contributed by atoms with van der Waals surface area (Å²) in [7, 11) is 0. The minimum Gasteiger partial charge on any atom is -0.339 e. The van der Waals surface area contributed by atoms with Gasteiger partial charge in [-0.3, -0.25) is 34.3 Å². The Bertz CT molecular complexity index is 1970. The summed E-state index contributed by atoms with van der Waals surface area (Å²) >= 11 is 0. The first-order valence-electron chi connectivity index (χ1n) is 15.9. The van der Waals surface area contributed by atoms with Crippen molar-refractivity contribution in [1.29, 1.82) is 0 Å². The average molecular weight is 689 g/mol. The van der Waals surface area contributed by atoms with Crippen LogP contribution in [0.2, 0.25) is 0 Å². The summed E-state index contributed by atoms with van der Waals surface area (Å²) in [4.78, 5) is 58.4. The molecule has 0 radical (unpaired) electrons. The van der Waals surface area contributed by atoms with E-state index in [-0.39, 0.29) is 41.3 Å². The van der Waals surface area contributed by atoms with E-state index in [0.717, 1.165) is 43.8 Å². The van der Waals surface area contributed by atoms with Crippen molar-refractivity contribution in [1.82, 2.24) is 25.3 Å². The molecule has 0 unspecified atom stereocenters. The second kappa shape index (κ2) is 13.7. The van der Waals surface area contributed by atoms with Gasteiger partial charge in [0, 0.05) is 35.7 Å². The Morgan fingerprint density at radius 1 is 0.960 bits per heavy atom. The van der Waals surface area contributed by atoms with Gasteiger partial charge in [0.2, 0.25) is 0 Å². The normalized spacial score (nSPS) is 17.5. The van der Waals surface area contributed by atoms with E-state index >= 15 is 0 Å². The summed E-state index contributed by atoms with van der Waals surface area (Å²) in [5.41, 5.74) is -0.628. The molecule has 50 heavy (non-hydrogen) atoms. The number of carbonyl (C=O) groups is 4. The lowest BCUT2D eigenvalue weighted by atomic mass is 9.80. The minimum atomic E-state index is -4.73. The third-order valence-corrected chi connectivity index (χ3v) is 8.74. The van der Waals surface area contributed by atoms with E-state index in [2.05, 4.69) is 22.3 Å². The predicted molar refractivity (Wildman–Crippen MR) is 175 cm³/mol. The third kappa shape index (κ3) is 6.66. The van der Waals surface area contributed by atoms with Crippen molar-refractivity contribution in [3.8, 4) is 5.69 Å². The fourth-order valence-electron chi connectivity index (χ4n) is 6.14. The van der Waals surface area contributed by atoms with Crippen molar-refractivity contribution in [2.24, 2.45) is 0 Å². The number of anilines is 1. The Hall–Kier alpha value is -5.63. The molecule has 14 heteroatoms. The van der Waals surface area contributed by atoms with Gasteiger partial charge in [-0.15, -0.1) is 0 Å². The lowest BCUT2D eigenvalue weighted by molar-refractivity contribution is -0.137.